The lowest BCUT2D eigenvalue weighted by molar-refractivity contribution is -0.308. The zero-order valence-electron chi connectivity index (χ0n) is 37.6. The van der Waals surface area contributed by atoms with Crippen LogP contribution in [-0.4, -0.2) is 166 Å². The first-order valence-corrected chi connectivity index (χ1v) is 22.3. The molecule has 2 unspecified atom stereocenters. The number of ether oxygens (including phenoxy) is 4. The van der Waals surface area contributed by atoms with Gasteiger partial charge in [-0.15, -0.1) is 0 Å². The summed E-state index contributed by atoms with van der Waals surface area (Å²) in [7, 11) is 0. The van der Waals surface area contributed by atoms with Crippen molar-refractivity contribution in [1.82, 2.24) is 0 Å². The molecule has 18 heteroatoms. The van der Waals surface area contributed by atoms with E-state index in [0.29, 0.717) is 0 Å². The zero-order chi connectivity index (χ0) is 48.4. The maximum atomic E-state index is 12.6. The van der Waals surface area contributed by atoms with Crippen LogP contribution in [0.3, 0.4) is 0 Å². The highest BCUT2D eigenvalue weighted by Gasteiger charge is 2.51. The number of carbonyl (C=O) groups excluding carboxylic acids is 1. The second kappa shape index (κ2) is 27.4. The molecule has 13 N–H and O–H groups in total. The van der Waals surface area contributed by atoms with Gasteiger partial charge in [-0.1, -0.05) is 98.9 Å². The molecule has 0 aliphatic carbocycles. The number of allylic oxidation sites excluding steroid dienone is 12. The number of esters is 1. The fraction of sp³-hybridized carbons (Fsp3) is 0.660. The van der Waals surface area contributed by atoms with Crippen molar-refractivity contribution in [1.29, 1.82) is 0 Å². The topological polar surface area (TPSA) is 320 Å². The number of carboxylic acid groups (broad SMARTS) is 1. The first kappa shape index (κ1) is 55.9. The first-order chi connectivity index (χ1) is 30.6. The molecule has 3 aliphatic heterocycles. The fourth-order valence-electron chi connectivity index (χ4n) is 7.97. The molecule has 0 saturated carbocycles. The van der Waals surface area contributed by atoms with Crippen LogP contribution in [0.2, 0.25) is 0 Å². The highest BCUT2D eigenvalue weighted by atomic mass is 16.7. The average molecular weight is 924 g/mol. The molecule has 368 valence electrons. The van der Waals surface area contributed by atoms with E-state index in [1.807, 2.05) is 19.1 Å². The molecule has 0 aromatic rings. The Morgan fingerprint density at radius 3 is 1.82 bits per heavy atom. The number of aliphatic hydroxyl groups is 10. The molecule has 0 amide bonds. The molecule has 3 rings (SSSR count). The molecule has 0 spiro atoms. The smallest absolute Gasteiger partial charge is 0.311 e. The van der Waals surface area contributed by atoms with Gasteiger partial charge in [0.15, 0.2) is 12.1 Å². The summed E-state index contributed by atoms with van der Waals surface area (Å²) in [5.41, 5.74) is 6.02. The molecule has 65 heavy (non-hydrogen) atoms. The lowest BCUT2D eigenvalue weighted by Crippen LogP contribution is -2.61. The Balaban J connectivity index is 1.86. The number of rotatable bonds is 3. The predicted molar refractivity (Wildman–Crippen MR) is 237 cm³/mol. The minimum absolute atomic E-state index is 0.107. The molecule has 0 aromatic heterocycles. The Morgan fingerprint density at radius 1 is 0.662 bits per heavy atom. The van der Waals surface area contributed by atoms with Gasteiger partial charge in [-0.25, -0.2) is 0 Å². The lowest BCUT2D eigenvalue weighted by atomic mass is 9.82. The van der Waals surface area contributed by atoms with Crippen LogP contribution in [-0.2, 0) is 28.5 Å². The van der Waals surface area contributed by atoms with Crippen LogP contribution in [0.1, 0.15) is 79.1 Å². The van der Waals surface area contributed by atoms with Crippen LogP contribution >= 0.6 is 0 Å². The van der Waals surface area contributed by atoms with E-state index in [2.05, 4.69) is 0 Å². The minimum atomic E-state index is -2.33. The summed E-state index contributed by atoms with van der Waals surface area (Å²) in [6.07, 6.45) is 3.46. The Kier molecular flexibility index (Phi) is 23.6. The average Bonchev–Trinajstić information content (AvgIpc) is 3.21. The van der Waals surface area contributed by atoms with Crippen molar-refractivity contribution < 1.29 is 84.7 Å². The van der Waals surface area contributed by atoms with Crippen molar-refractivity contribution in [2.24, 2.45) is 23.5 Å². The van der Waals surface area contributed by atoms with E-state index in [1.54, 1.807) is 80.7 Å². The van der Waals surface area contributed by atoms with Crippen molar-refractivity contribution in [2.75, 3.05) is 0 Å². The second-order valence-electron chi connectivity index (χ2n) is 17.6. The Bertz CT molecular complexity index is 1670. The van der Waals surface area contributed by atoms with Crippen molar-refractivity contribution in [3.63, 3.8) is 0 Å². The monoisotopic (exact) mass is 923 g/mol. The van der Waals surface area contributed by atoms with Crippen molar-refractivity contribution in [2.45, 2.75) is 177 Å². The second-order valence-corrected chi connectivity index (χ2v) is 17.6. The standard InChI is InChI=1S/C47H73NO17/c1-27-17-15-13-11-9-7-5-6-8-10-12-14-16-18-34(64-46-44(58)41(48)43(57)30(4)63-46)24-38-40(45(59)60)37(54)26-47(61,65-38)25-33(51)22-36(53)35(52)20-19-31(49)21-32(50)23-39(55)62-29(3)28(2)42(27)56/h5-18,27-38,40-44,46,49-54,56-58,61H,19-26,48H2,1-4H3,(H,59,60)/b6-5+,9-7+,10-8+,13-11+,14-12+,17-15+,18-16+/t27-,28-,29-,30+,31+,32+,33-,34-,35?,36+,37-,38-,40+,41-,42+,43+,44+,46-,47?/m0/s1. The van der Waals surface area contributed by atoms with Gasteiger partial charge in [0, 0.05) is 37.5 Å². The number of aliphatic hydroxyl groups excluding tert-OH is 9. The molecular formula is C47H73NO17. The minimum Gasteiger partial charge on any atom is -0.481 e. The van der Waals surface area contributed by atoms with Crippen LogP contribution in [0, 0.1) is 17.8 Å². The van der Waals surface area contributed by atoms with Crippen molar-refractivity contribution in [3.8, 4) is 0 Å². The van der Waals surface area contributed by atoms with Gasteiger partial charge in [0.2, 0.25) is 0 Å². The molecule has 18 nitrogen and oxygen atoms in total. The number of carboxylic acids is 1. The summed E-state index contributed by atoms with van der Waals surface area (Å²) >= 11 is 0. The van der Waals surface area contributed by atoms with Crippen LogP contribution in [0.4, 0.5) is 0 Å². The molecule has 0 radical (unpaired) electrons. The molecule has 3 heterocycles. The van der Waals surface area contributed by atoms with Gasteiger partial charge in [-0.2, -0.15) is 0 Å². The predicted octanol–water partition coefficient (Wildman–Crippen LogP) is 0.712. The van der Waals surface area contributed by atoms with Gasteiger partial charge >= 0.3 is 11.9 Å². The van der Waals surface area contributed by atoms with Gasteiger partial charge in [0.05, 0.1) is 79.6 Å². The number of fused-ring (bicyclic) bond motifs is 2. The van der Waals surface area contributed by atoms with Crippen molar-refractivity contribution in [3.05, 3.63) is 85.1 Å². The van der Waals surface area contributed by atoms with E-state index in [0.717, 1.165) is 0 Å². The summed E-state index contributed by atoms with van der Waals surface area (Å²) in [5, 5.41) is 118. The zero-order valence-corrected chi connectivity index (χ0v) is 37.6. The quantitative estimate of drug-likeness (QED) is 0.174. The van der Waals surface area contributed by atoms with Gasteiger partial charge < -0.3 is 80.9 Å². The van der Waals surface area contributed by atoms with Crippen LogP contribution in [0.15, 0.2) is 85.1 Å². The van der Waals surface area contributed by atoms with E-state index in [-0.39, 0.29) is 31.6 Å². The van der Waals surface area contributed by atoms with Gasteiger partial charge in [0.1, 0.15) is 18.1 Å². The highest BCUT2D eigenvalue weighted by molar-refractivity contribution is 5.71. The summed E-state index contributed by atoms with van der Waals surface area (Å²) in [4.78, 5) is 25.1. The molecule has 3 aliphatic rings. The normalized spacial score (nSPS) is 45.5. The highest BCUT2D eigenvalue weighted by Crippen LogP contribution is 2.38. The van der Waals surface area contributed by atoms with E-state index in [4.69, 9.17) is 24.7 Å². The summed E-state index contributed by atoms with van der Waals surface area (Å²) in [6, 6.07) is -1.15. The van der Waals surface area contributed by atoms with Crippen LogP contribution in [0.5, 0.6) is 0 Å². The Hall–Kier alpha value is -3.44. The number of carbonyl (C=O) groups is 2. The number of aliphatic carboxylic acids is 1. The number of cyclic esters (lactones) is 1. The third kappa shape index (κ3) is 18.6. The van der Waals surface area contributed by atoms with E-state index >= 15 is 0 Å². The van der Waals surface area contributed by atoms with Gasteiger partial charge in [-0.05, 0) is 33.1 Å². The SMILES string of the molecule is C[C@@H]1[C@H](O)[C@@H](C)/C=C/C=C/C=C/C=C/C=C/C=C/C=C/[C@H](O[C@@H]2O[C@H](C)[C@@H](O)[C@H](N)[C@H]2O)C[C@@H]2OC(O)(C[C@@H](O)C[C@@H](O)C(O)CC[C@@H](O)C[C@@H](O)CC(=O)O[C@H]1C)C[C@H](O)[C@H]2C(=O)O. The molecule has 19 atom stereocenters. The Morgan fingerprint density at radius 2 is 1.23 bits per heavy atom. The summed E-state index contributed by atoms with van der Waals surface area (Å²) in [5.74, 6) is -6.83. The molecule has 2 bridgehead atoms. The Labute approximate surface area is 381 Å². The molecule has 2 fully saturated rings. The third-order valence-corrected chi connectivity index (χ3v) is 12.0. The van der Waals surface area contributed by atoms with E-state index in [9.17, 15) is 65.8 Å². The van der Waals surface area contributed by atoms with Crippen LogP contribution < -0.4 is 5.73 Å². The maximum absolute atomic E-state index is 12.6. The fourth-order valence-corrected chi connectivity index (χ4v) is 7.97. The summed E-state index contributed by atoms with van der Waals surface area (Å²) in [6.45, 7) is 6.74. The number of hydrogen-bond donors (Lipinski definition) is 12. The summed E-state index contributed by atoms with van der Waals surface area (Å²) < 4.78 is 23.1. The molecule has 0 aromatic carbocycles. The van der Waals surface area contributed by atoms with Gasteiger partial charge in [0.25, 0.3) is 0 Å². The lowest BCUT2D eigenvalue weighted by Gasteiger charge is -2.45. The van der Waals surface area contributed by atoms with Gasteiger partial charge in [-0.3, -0.25) is 9.59 Å². The third-order valence-electron chi connectivity index (χ3n) is 12.0. The van der Waals surface area contributed by atoms with Crippen molar-refractivity contribution >= 4 is 11.9 Å². The largest absolute Gasteiger partial charge is 0.481 e. The first-order valence-electron chi connectivity index (χ1n) is 22.3. The number of nitrogens with two attached hydrogens (primary N) is 1. The van der Waals surface area contributed by atoms with E-state index in [1.165, 1.54) is 13.0 Å². The maximum Gasteiger partial charge on any atom is 0.311 e. The van der Waals surface area contributed by atoms with E-state index < -0.39 is 147 Å². The van der Waals surface area contributed by atoms with Crippen LogP contribution in [0.25, 0.3) is 0 Å². The molecule has 2 saturated heterocycles. The number of hydrogen-bond acceptors (Lipinski definition) is 17. The molecular weight excluding hydrogens is 851 g/mol.